The first-order valence-electron chi connectivity index (χ1n) is 6.72. The standard InChI is InChI=1S/C15H20ClIO/c16-14-8-6-13(7-9-14)15(10-17)18-11-12-4-2-1-3-5-12/h6-9,12,15H,1-5,10-11H2. The van der Waals surface area contributed by atoms with Crippen LogP contribution < -0.4 is 0 Å². The van der Waals surface area contributed by atoms with E-state index in [1.54, 1.807) is 0 Å². The lowest BCUT2D eigenvalue weighted by Gasteiger charge is -2.24. The molecule has 1 nitrogen and oxygen atoms in total. The molecule has 1 aromatic carbocycles. The molecule has 0 N–H and O–H groups in total. The highest BCUT2D eigenvalue weighted by Gasteiger charge is 2.17. The average Bonchev–Trinajstić information content (AvgIpc) is 2.42. The van der Waals surface area contributed by atoms with Crippen molar-refractivity contribution >= 4 is 34.2 Å². The second kappa shape index (κ2) is 7.71. The Bertz CT molecular complexity index is 346. The first-order chi connectivity index (χ1) is 8.79. The molecule has 1 aliphatic rings. The monoisotopic (exact) mass is 378 g/mol. The molecule has 0 aliphatic heterocycles. The lowest BCUT2D eigenvalue weighted by molar-refractivity contribution is 0.0345. The van der Waals surface area contributed by atoms with Crippen molar-refractivity contribution in [3.63, 3.8) is 0 Å². The van der Waals surface area contributed by atoms with Gasteiger partial charge in [0.2, 0.25) is 0 Å². The van der Waals surface area contributed by atoms with E-state index in [9.17, 15) is 0 Å². The number of ether oxygens (including phenoxy) is 1. The molecule has 2 rings (SSSR count). The minimum absolute atomic E-state index is 0.213. The van der Waals surface area contributed by atoms with Crippen LogP contribution in [0.2, 0.25) is 5.02 Å². The fraction of sp³-hybridized carbons (Fsp3) is 0.600. The largest absolute Gasteiger partial charge is 0.372 e. The Morgan fingerprint density at radius 1 is 1.17 bits per heavy atom. The molecule has 1 atom stereocenters. The van der Waals surface area contributed by atoms with Crippen LogP contribution in [-0.4, -0.2) is 11.0 Å². The number of hydrogen-bond donors (Lipinski definition) is 0. The van der Waals surface area contributed by atoms with Crippen molar-refractivity contribution in [2.75, 3.05) is 11.0 Å². The highest BCUT2D eigenvalue weighted by Crippen LogP contribution is 2.27. The Morgan fingerprint density at radius 2 is 1.83 bits per heavy atom. The van der Waals surface area contributed by atoms with Crippen molar-refractivity contribution in [2.45, 2.75) is 38.2 Å². The fourth-order valence-corrected chi connectivity index (χ4v) is 3.40. The zero-order valence-corrected chi connectivity index (χ0v) is 13.5. The van der Waals surface area contributed by atoms with Crippen LogP contribution in [0.25, 0.3) is 0 Å². The van der Waals surface area contributed by atoms with E-state index in [1.165, 1.54) is 37.7 Å². The maximum atomic E-state index is 6.11. The molecule has 1 aliphatic carbocycles. The second-order valence-corrected chi connectivity index (χ2v) is 6.35. The van der Waals surface area contributed by atoms with Crippen molar-refractivity contribution in [3.05, 3.63) is 34.9 Å². The zero-order valence-electron chi connectivity index (χ0n) is 10.6. The van der Waals surface area contributed by atoms with Gasteiger partial charge >= 0.3 is 0 Å². The molecule has 0 spiro atoms. The number of halogens is 2. The van der Waals surface area contributed by atoms with Gasteiger partial charge in [0.15, 0.2) is 0 Å². The van der Waals surface area contributed by atoms with Crippen molar-refractivity contribution in [1.29, 1.82) is 0 Å². The molecule has 1 fully saturated rings. The second-order valence-electron chi connectivity index (χ2n) is 5.03. The summed E-state index contributed by atoms with van der Waals surface area (Å²) in [6, 6.07) is 8.04. The van der Waals surface area contributed by atoms with Gasteiger partial charge in [-0.05, 0) is 36.5 Å². The van der Waals surface area contributed by atoms with Crippen LogP contribution in [0.1, 0.15) is 43.8 Å². The molecule has 0 bridgehead atoms. The Kier molecular flexibility index (Phi) is 6.25. The maximum Gasteiger partial charge on any atom is 0.0914 e. The summed E-state index contributed by atoms with van der Waals surface area (Å²) in [4.78, 5) is 0. The number of alkyl halides is 1. The van der Waals surface area contributed by atoms with Crippen molar-refractivity contribution in [3.8, 4) is 0 Å². The van der Waals surface area contributed by atoms with Gasteiger partial charge in [-0.2, -0.15) is 0 Å². The van der Waals surface area contributed by atoms with E-state index in [2.05, 4.69) is 34.7 Å². The lowest BCUT2D eigenvalue weighted by atomic mass is 9.90. The molecular formula is C15H20ClIO. The summed E-state index contributed by atoms with van der Waals surface area (Å²) in [5, 5.41) is 0.790. The summed E-state index contributed by atoms with van der Waals surface area (Å²) >= 11 is 8.31. The van der Waals surface area contributed by atoms with Crippen LogP contribution in [0, 0.1) is 5.92 Å². The van der Waals surface area contributed by atoms with Gasteiger partial charge in [-0.3, -0.25) is 0 Å². The van der Waals surface area contributed by atoms with Crippen molar-refractivity contribution in [1.82, 2.24) is 0 Å². The third-order valence-corrected chi connectivity index (χ3v) is 4.69. The van der Waals surface area contributed by atoms with E-state index in [1.807, 2.05) is 12.1 Å². The maximum absolute atomic E-state index is 6.11. The van der Waals surface area contributed by atoms with E-state index in [4.69, 9.17) is 16.3 Å². The van der Waals surface area contributed by atoms with Crippen molar-refractivity contribution in [2.24, 2.45) is 5.92 Å². The molecule has 0 heterocycles. The Morgan fingerprint density at radius 3 is 2.44 bits per heavy atom. The number of hydrogen-bond acceptors (Lipinski definition) is 1. The van der Waals surface area contributed by atoms with Gasteiger partial charge in [0.05, 0.1) is 12.7 Å². The summed E-state index contributed by atoms with van der Waals surface area (Å²) in [6.45, 7) is 0.913. The Balaban J connectivity index is 1.86. The third kappa shape index (κ3) is 4.39. The average molecular weight is 379 g/mol. The summed E-state index contributed by atoms with van der Waals surface area (Å²) in [7, 11) is 0. The minimum Gasteiger partial charge on any atom is -0.372 e. The highest BCUT2D eigenvalue weighted by atomic mass is 127. The van der Waals surface area contributed by atoms with E-state index in [0.717, 1.165) is 22.0 Å². The summed E-state index contributed by atoms with van der Waals surface area (Å²) in [6.07, 6.45) is 7.06. The summed E-state index contributed by atoms with van der Waals surface area (Å²) < 4.78 is 7.10. The fourth-order valence-electron chi connectivity index (χ4n) is 2.51. The zero-order chi connectivity index (χ0) is 12.8. The molecule has 100 valence electrons. The van der Waals surface area contributed by atoms with Gasteiger partial charge < -0.3 is 4.74 Å². The first-order valence-corrected chi connectivity index (χ1v) is 8.63. The molecule has 0 saturated heterocycles. The molecule has 0 amide bonds. The van der Waals surface area contributed by atoms with Gasteiger partial charge in [-0.15, -0.1) is 0 Å². The van der Waals surface area contributed by atoms with Gasteiger partial charge in [0.1, 0.15) is 0 Å². The number of rotatable bonds is 5. The van der Waals surface area contributed by atoms with Crippen LogP contribution in [0.4, 0.5) is 0 Å². The number of benzene rings is 1. The molecule has 1 aromatic rings. The Hall–Kier alpha value is 0.200. The normalized spacial score (nSPS) is 18.8. The van der Waals surface area contributed by atoms with Crippen molar-refractivity contribution < 1.29 is 4.74 Å². The molecular weight excluding hydrogens is 359 g/mol. The predicted molar refractivity (Wildman–Crippen MR) is 85.6 cm³/mol. The third-order valence-electron chi connectivity index (χ3n) is 3.64. The highest BCUT2D eigenvalue weighted by molar-refractivity contribution is 14.1. The van der Waals surface area contributed by atoms with Crippen LogP contribution in [0.3, 0.4) is 0 Å². The minimum atomic E-state index is 0.213. The van der Waals surface area contributed by atoms with E-state index in [0.29, 0.717) is 0 Å². The van der Waals surface area contributed by atoms with Gasteiger partial charge in [0.25, 0.3) is 0 Å². The first kappa shape index (κ1) is 14.6. The smallest absolute Gasteiger partial charge is 0.0914 e. The van der Waals surface area contributed by atoms with Gasteiger partial charge in [0, 0.05) is 9.45 Å². The van der Waals surface area contributed by atoms with Crippen LogP contribution in [0.15, 0.2) is 24.3 Å². The quantitative estimate of drug-likeness (QED) is 0.491. The van der Waals surface area contributed by atoms with E-state index in [-0.39, 0.29) is 6.10 Å². The van der Waals surface area contributed by atoms with Gasteiger partial charge in [-0.25, -0.2) is 0 Å². The molecule has 1 saturated carbocycles. The van der Waals surface area contributed by atoms with E-state index < -0.39 is 0 Å². The van der Waals surface area contributed by atoms with Crippen LogP contribution in [-0.2, 0) is 4.74 Å². The van der Waals surface area contributed by atoms with Crippen LogP contribution >= 0.6 is 34.2 Å². The summed E-state index contributed by atoms with van der Waals surface area (Å²) in [5.41, 5.74) is 1.24. The topological polar surface area (TPSA) is 9.23 Å². The van der Waals surface area contributed by atoms with E-state index >= 15 is 0 Å². The SMILES string of the molecule is Clc1ccc(C(CI)OCC2CCCCC2)cc1. The summed E-state index contributed by atoms with van der Waals surface area (Å²) in [5.74, 6) is 0.775. The molecule has 0 radical (unpaired) electrons. The predicted octanol–water partition coefficient (Wildman–Crippen LogP) is 5.41. The molecule has 3 heteroatoms. The van der Waals surface area contributed by atoms with Gasteiger partial charge in [-0.1, -0.05) is 65.6 Å². The molecule has 1 unspecified atom stereocenters. The molecule has 0 aromatic heterocycles. The Labute approximate surface area is 128 Å². The molecule has 18 heavy (non-hydrogen) atoms. The lowest BCUT2D eigenvalue weighted by Crippen LogP contribution is -2.16. The van der Waals surface area contributed by atoms with Crippen LogP contribution in [0.5, 0.6) is 0 Å².